The molecule has 0 radical (unpaired) electrons. The van der Waals surface area contributed by atoms with E-state index < -0.39 is 10.7 Å². The Bertz CT molecular complexity index is 491. The van der Waals surface area contributed by atoms with Gasteiger partial charge in [-0.3, -0.25) is 10.1 Å². The maximum Gasteiger partial charge on any atom is 0.295 e. The minimum atomic E-state index is -0.812. The van der Waals surface area contributed by atoms with Gasteiger partial charge in [0.15, 0.2) is 11.5 Å². The number of benzene rings is 1. The van der Waals surface area contributed by atoms with Gasteiger partial charge in [0.25, 0.3) is 5.69 Å². The van der Waals surface area contributed by atoms with E-state index in [9.17, 15) is 14.5 Å². The Morgan fingerprint density at radius 2 is 2.33 bits per heavy atom. The molecule has 0 aliphatic rings. The highest BCUT2D eigenvalue weighted by molar-refractivity contribution is 7.99. The molecule has 0 aromatic heterocycles. The van der Waals surface area contributed by atoms with Crippen LogP contribution in [0.15, 0.2) is 12.1 Å². The number of anilines is 1. The number of nitro benzene ring substituents is 1. The number of thioether (sulfide) groups is 1. The zero-order valence-electron chi connectivity index (χ0n) is 9.28. The molecule has 0 atom stereocenters. The van der Waals surface area contributed by atoms with Crippen molar-refractivity contribution < 1.29 is 9.31 Å². The Kier molecular flexibility index (Phi) is 5.75. The van der Waals surface area contributed by atoms with Crippen molar-refractivity contribution in [2.75, 3.05) is 23.4 Å². The largest absolute Gasteiger partial charge is 0.376 e. The van der Waals surface area contributed by atoms with Crippen LogP contribution in [0.1, 0.15) is 0 Å². The molecule has 0 bridgehead atoms. The summed E-state index contributed by atoms with van der Waals surface area (Å²) in [5.74, 6) is 2.80. The fraction of sp³-hybridized carbons (Fsp3) is 0.273. The first-order valence-corrected chi connectivity index (χ1v) is 6.48. The molecule has 1 N–H and O–H groups in total. The molecule has 96 valence electrons. The zero-order valence-corrected chi connectivity index (χ0v) is 10.9. The first-order chi connectivity index (χ1) is 8.57. The molecule has 7 heteroatoms. The van der Waals surface area contributed by atoms with Gasteiger partial charge in [-0.2, -0.15) is 0 Å². The Morgan fingerprint density at radius 3 is 2.94 bits per heavy atom. The van der Waals surface area contributed by atoms with Gasteiger partial charge < -0.3 is 5.32 Å². The highest BCUT2D eigenvalue weighted by Gasteiger charge is 2.20. The average Bonchev–Trinajstić information content (AvgIpc) is 2.33. The molecular weight excluding hydrogens is 279 g/mol. The van der Waals surface area contributed by atoms with E-state index in [2.05, 4.69) is 11.2 Å². The van der Waals surface area contributed by atoms with Crippen molar-refractivity contribution in [1.29, 1.82) is 0 Å². The smallest absolute Gasteiger partial charge is 0.295 e. The van der Waals surface area contributed by atoms with Gasteiger partial charge in [0.1, 0.15) is 0 Å². The Hall–Kier alpha value is -1.45. The van der Waals surface area contributed by atoms with E-state index in [-0.39, 0.29) is 16.4 Å². The van der Waals surface area contributed by atoms with Gasteiger partial charge >= 0.3 is 0 Å². The van der Waals surface area contributed by atoms with E-state index >= 15 is 0 Å². The van der Waals surface area contributed by atoms with Crippen LogP contribution in [-0.4, -0.2) is 23.0 Å². The van der Waals surface area contributed by atoms with E-state index in [0.29, 0.717) is 18.1 Å². The Balaban J connectivity index is 2.77. The molecule has 0 saturated carbocycles. The third-order valence-electron chi connectivity index (χ3n) is 2.00. The molecule has 0 amide bonds. The lowest BCUT2D eigenvalue weighted by Crippen LogP contribution is -2.08. The van der Waals surface area contributed by atoms with Crippen molar-refractivity contribution in [3.63, 3.8) is 0 Å². The fourth-order valence-electron chi connectivity index (χ4n) is 1.24. The van der Waals surface area contributed by atoms with Crippen molar-refractivity contribution in [2.45, 2.75) is 0 Å². The molecule has 4 nitrogen and oxygen atoms in total. The molecule has 0 unspecified atom stereocenters. The highest BCUT2D eigenvalue weighted by atomic mass is 35.5. The second-order valence-electron chi connectivity index (χ2n) is 3.20. The first kappa shape index (κ1) is 14.6. The molecule has 0 aliphatic heterocycles. The van der Waals surface area contributed by atoms with Gasteiger partial charge in [-0.1, -0.05) is 17.5 Å². The molecule has 0 saturated heterocycles. The molecule has 0 fully saturated rings. The second kappa shape index (κ2) is 7.09. The van der Waals surface area contributed by atoms with Gasteiger partial charge in [0, 0.05) is 18.4 Å². The first-order valence-electron chi connectivity index (χ1n) is 4.95. The molecule has 1 aromatic rings. The maximum atomic E-state index is 13.7. The van der Waals surface area contributed by atoms with Gasteiger partial charge in [-0.05, 0) is 6.07 Å². The third kappa shape index (κ3) is 3.79. The number of rotatable bonds is 6. The SMILES string of the molecule is C#CCSCCNc1c([N+](=O)[O-])ccc(Cl)c1F. The number of nitrogens with zero attached hydrogens (tertiary/aromatic N) is 1. The number of nitrogens with one attached hydrogen (secondary N) is 1. The van der Waals surface area contributed by atoms with Crippen LogP contribution in [0.2, 0.25) is 5.02 Å². The van der Waals surface area contributed by atoms with Gasteiger partial charge in [-0.15, -0.1) is 18.2 Å². The maximum absolute atomic E-state index is 13.7. The Morgan fingerprint density at radius 1 is 1.61 bits per heavy atom. The minimum Gasteiger partial charge on any atom is -0.376 e. The van der Waals surface area contributed by atoms with Crippen LogP contribution in [0.3, 0.4) is 0 Å². The second-order valence-corrected chi connectivity index (χ2v) is 4.71. The molecule has 0 heterocycles. The molecule has 1 rings (SSSR count). The van der Waals surface area contributed by atoms with E-state index in [1.807, 2.05) is 0 Å². The van der Waals surface area contributed by atoms with Crippen LogP contribution >= 0.6 is 23.4 Å². The number of nitro groups is 1. The monoisotopic (exact) mass is 288 g/mol. The summed E-state index contributed by atoms with van der Waals surface area (Å²) in [5.41, 5.74) is -0.521. The van der Waals surface area contributed by atoms with Crippen LogP contribution < -0.4 is 5.32 Å². The molecule has 18 heavy (non-hydrogen) atoms. The van der Waals surface area contributed by atoms with Crippen molar-refractivity contribution in [2.24, 2.45) is 0 Å². The third-order valence-corrected chi connectivity index (χ3v) is 3.16. The van der Waals surface area contributed by atoms with Gasteiger partial charge in [-0.25, -0.2) is 4.39 Å². The van der Waals surface area contributed by atoms with Crippen molar-refractivity contribution >= 4 is 34.7 Å². The molecular formula is C11H10ClFN2O2S. The van der Waals surface area contributed by atoms with Crippen molar-refractivity contribution in [3.8, 4) is 12.3 Å². The van der Waals surface area contributed by atoms with Crippen LogP contribution in [0.4, 0.5) is 15.8 Å². The summed E-state index contributed by atoms with van der Waals surface area (Å²) >= 11 is 7.06. The van der Waals surface area contributed by atoms with Gasteiger partial charge in [0.2, 0.25) is 0 Å². The van der Waals surface area contributed by atoms with Crippen molar-refractivity contribution in [1.82, 2.24) is 0 Å². The lowest BCUT2D eigenvalue weighted by atomic mass is 10.2. The highest BCUT2D eigenvalue weighted by Crippen LogP contribution is 2.31. The fourth-order valence-corrected chi connectivity index (χ4v) is 1.91. The topological polar surface area (TPSA) is 55.2 Å². The number of halogens is 2. The van der Waals surface area contributed by atoms with Crippen LogP contribution in [0, 0.1) is 28.3 Å². The normalized spacial score (nSPS) is 9.83. The lowest BCUT2D eigenvalue weighted by molar-refractivity contribution is -0.384. The van der Waals surface area contributed by atoms with Crippen LogP contribution in [0.5, 0.6) is 0 Å². The molecule has 0 spiro atoms. The molecule has 0 aliphatic carbocycles. The quantitative estimate of drug-likeness (QED) is 0.378. The average molecular weight is 289 g/mol. The summed E-state index contributed by atoms with van der Waals surface area (Å²) in [6.07, 6.45) is 5.07. The van der Waals surface area contributed by atoms with Crippen molar-refractivity contribution in [3.05, 3.63) is 33.1 Å². The predicted molar refractivity (Wildman–Crippen MR) is 72.7 cm³/mol. The summed E-state index contributed by atoms with van der Waals surface area (Å²) in [6.45, 7) is 0.366. The summed E-state index contributed by atoms with van der Waals surface area (Å²) < 4.78 is 13.7. The number of terminal acetylenes is 1. The zero-order chi connectivity index (χ0) is 13.5. The summed E-state index contributed by atoms with van der Waals surface area (Å²) in [4.78, 5) is 10.1. The van der Waals surface area contributed by atoms with E-state index in [4.69, 9.17) is 18.0 Å². The summed E-state index contributed by atoms with van der Waals surface area (Å²) in [6, 6.07) is 2.33. The summed E-state index contributed by atoms with van der Waals surface area (Å²) in [7, 11) is 0. The lowest BCUT2D eigenvalue weighted by Gasteiger charge is -2.08. The van der Waals surface area contributed by atoms with Gasteiger partial charge in [0.05, 0.1) is 15.7 Å². The van der Waals surface area contributed by atoms with E-state index in [1.165, 1.54) is 17.8 Å². The molecule has 1 aromatic carbocycles. The van der Waals surface area contributed by atoms with E-state index in [1.54, 1.807) is 0 Å². The standard InChI is InChI=1S/C11H10ClFN2O2S/c1-2-6-18-7-5-14-11-9(15(16)17)4-3-8(12)10(11)13/h1,3-4,14H,5-7H2. The number of hydrogen-bond acceptors (Lipinski definition) is 4. The Labute approximate surface area is 113 Å². The number of hydrogen-bond donors (Lipinski definition) is 1. The van der Waals surface area contributed by atoms with E-state index in [0.717, 1.165) is 6.07 Å². The summed E-state index contributed by atoms with van der Waals surface area (Å²) in [5, 5.41) is 13.3. The van der Waals surface area contributed by atoms with Crippen LogP contribution in [0.25, 0.3) is 0 Å². The minimum absolute atomic E-state index is 0.153. The van der Waals surface area contributed by atoms with Crippen LogP contribution in [-0.2, 0) is 0 Å². The predicted octanol–water partition coefficient (Wildman–Crippen LogP) is 3.17.